The van der Waals surface area contributed by atoms with Crippen LogP contribution in [0.3, 0.4) is 0 Å². The number of nitrogens with zero attached hydrogens (tertiary/aromatic N) is 1. The number of aromatic nitrogens is 1. The summed E-state index contributed by atoms with van der Waals surface area (Å²) in [6, 6.07) is 13.9. The standard InChI is InChI=1S/C13H7Cl2NSSe/c14-10-7-6-9-12(11(10)15)18-16(13(9)17)8-4-2-1-3-5-8/h1-7H. The summed E-state index contributed by atoms with van der Waals surface area (Å²) in [6.07, 6.45) is 0. The number of rotatable bonds is 1. The molecule has 2 aromatic carbocycles. The van der Waals surface area contributed by atoms with E-state index in [1.54, 1.807) is 6.07 Å². The van der Waals surface area contributed by atoms with Gasteiger partial charge < -0.3 is 0 Å². The van der Waals surface area contributed by atoms with E-state index in [0.29, 0.717) is 10.0 Å². The normalized spacial score (nSPS) is 11.0. The van der Waals surface area contributed by atoms with Crippen LogP contribution in [0, 0.1) is 4.64 Å². The molecular weight excluding hydrogens is 352 g/mol. The fourth-order valence-corrected chi connectivity index (χ4v) is 5.20. The summed E-state index contributed by atoms with van der Waals surface area (Å²) in [5, 5.41) is 2.26. The number of fused-ring (bicyclic) bond motifs is 1. The van der Waals surface area contributed by atoms with Gasteiger partial charge in [0.25, 0.3) is 0 Å². The molecule has 0 amide bonds. The van der Waals surface area contributed by atoms with Gasteiger partial charge in [0, 0.05) is 0 Å². The summed E-state index contributed by atoms with van der Waals surface area (Å²) in [4.78, 5) is 0. The van der Waals surface area contributed by atoms with Crippen LogP contribution in [0.2, 0.25) is 10.0 Å². The molecule has 1 heterocycles. The first kappa shape index (κ1) is 12.5. The summed E-state index contributed by atoms with van der Waals surface area (Å²) in [7, 11) is 0. The van der Waals surface area contributed by atoms with E-state index in [0.717, 1.165) is 20.0 Å². The average molecular weight is 359 g/mol. The molecule has 0 atom stereocenters. The molecule has 0 saturated heterocycles. The van der Waals surface area contributed by atoms with E-state index in [1.807, 2.05) is 24.3 Å². The van der Waals surface area contributed by atoms with Crippen LogP contribution in [0.4, 0.5) is 0 Å². The van der Waals surface area contributed by atoms with Crippen LogP contribution in [0.5, 0.6) is 0 Å². The van der Waals surface area contributed by atoms with Crippen LogP contribution in [0.25, 0.3) is 15.3 Å². The zero-order chi connectivity index (χ0) is 12.7. The Bertz CT molecular complexity index is 777. The Morgan fingerprint density at radius 1 is 1.00 bits per heavy atom. The minimum absolute atomic E-state index is 0.0513. The second kappa shape index (κ2) is 4.84. The fourth-order valence-electron chi connectivity index (χ4n) is 1.77. The zero-order valence-corrected chi connectivity index (χ0v) is 13.1. The Morgan fingerprint density at radius 2 is 1.72 bits per heavy atom. The van der Waals surface area contributed by atoms with E-state index in [9.17, 15) is 0 Å². The predicted molar refractivity (Wildman–Crippen MR) is 81.1 cm³/mol. The Hall–Kier alpha value is -0.571. The van der Waals surface area contributed by atoms with Crippen LogP contribution in [-0.4, -0.2) is 18.3 Å². The van der Waals surface area contributed by atoms with Crippen molar-refractivity contribution in [1.29, 1.82) is 0 Å². The van der Waals surface area contributed by atoms with Gasteiger partial charge >= 0.3 is 126 Å². The monoisotopic (exact) mass is 359 g/mol. The third-order valence-corrected chi connectivity index (χ3v) is 6.84. The Morgan fingerprint density at radius 3 is 2.44 bits per heavy atom. The molecular formula is C13H7Cl2NSSe. The number of para-hydroxylation sites is 1. The van der Waals surface area contributed by atoms with Crippen LogP contribution >= 0.6 is 35.4 Å². The third-order valence-electron chi connectivity index (χ3n) is 2.64. The molecule has 1 aromatic heterocycles. The van der Waals surface area contributed by atoms with E-state index in [2.05, 4.69) is 15.7 Å². The van der Waals surface area contributed by atoms with Crippen molar-refractivity contribution in [3.8, 4) is 5.69 Å². The van der Waals surface area contributed by atoms with Gasteiger partial charge in [-0.15, -0.1) is 0 Å². The SMILES string of the molecule is S=c1c2ccc(Cl)c(Cl)c2[se]n1-c1ccccc1. The van der Waals surface area contributed by atoms with Crippen LogP contribution in [0.15, 0.2) is 42.5 Å². The Kier molecular flexibility index (Phi) is 3.35. The Labute approximate surface area is 126 Å². The first-order valence-electron chi connectivity index (χ1n) is 5.24. The van der Waals surface area contributed by atoms with Gasteiger partial charge in [-0.3, -0.25) is 0 Å². The third kappa shape index (κ3) is 1.97. The maximum atomic E-state index is 6.25. The molecule has 5 heteroatoms. The van der Waals surface area contributed by atoms with Crippen molar-refractivity contribution in [2.24, 2.45) is 0 Å². The average Bonchev–Trinajstić information content (AvgIpc) is 2.73. The predicted octanol–water partition coefficient (Wildman–Crippen LogP) is 4.72. The van der Waals surface area contributed by atoms with E-state index < -0.39 is 0 Å². The number of hydrogen-bond acceptors (Lipinski definition) is 1. The van der Waals surface area contributed by atoms with Crippen molar-refractivity contribution in [3.63, 3.8) is 0 Å². The topological polar surface area (TPSA) is 4.93 Å². The van der Waals surface area contributed by atoms with Crippen molar-refractivity contribution >= 4 is 59.8 Å². The van der Waals surface area contributed by atoms with Crippen molar-refractivity contribution < 1.29 is 0 Å². The number of benzene rings is 2. The van der Waals surface area contributed by atoms with Crippen LogP contribution in [0.1, 0.15) is 0 Å². The molecule has 0 bridgehead atoms. The molecule has 0 aliphatic rings. The molecule has 0 unspecified atom stereocenters. The quantitative estimate of drug-likeness (QED) is 0.450. The summed E-state index contributed by atoms with van der Waals surface area (Å²) >= 11 is 17.9. The molecule has 0 spiro atoms. The van der Waals surface area contributed by atoms with Crippen LogP contribution < -0.4 is 0 Å². The molecule has 0 radical (unpaired) electrons. The van der Waals surface area contributed by atoms with Crippen molar-refractivity contribution in [1.82, 2.24) is 3.56 Å². The van der Waals surface area contributed by atoms with Crippen molar-refractivity contribution in [3.05, 3.63) is 57.2 Å². The van der Waals surface area contributed by atoms with Gasteiger partial charge in [0.1, 0.15) is 0 Å². The first-order chi connectivity index (χ1) is 8.68. The van der Waals surface area contributed by atoms with Crippen molar-refractivity contribution in [2.75, 3.05) is 0 Å². The molecule has 0 aliphatic heterocycles. The van der Waals surface area contributed by atoms with Gasteiger partial charge in [-0.25, -0.2) is 0 Å². The first-order valence-corrected chi connectivity index (χ1v) is 8.02. The maximum absolute atomic E-state index is 6.25. The molecule has 90 valence electrons. The van der Waals surface area contributed by atoms with E-state index in [-0.39, 0.29) is 14.7 Å². The zero-order valence-electron chi connectivity index (χ0n) is 9.06. The van der Waals surface area contributed by atoms with Gasteiger partial charge in [0.05, 0.1) is 0 Å². The summed E-state index contributed by atoms with van der Waals surface area (Å²) in [5.74, 6) is 0. The number of hydrogen-bond donors (Lipinski definition) is 0. The summed E-state index contributed by atoms with van der Waals surface area (Å²) in [5.41, 5.74) is 1.10. The number of halogens is 2. The van der Waals surface area contributed by atoms with Gasteiger partial charge in [0.15, 0.2) is 0 Å². The molecule has 0 aliphatic carbocycles. The molecule has 0 fully saturated rings. The minimum atomic E-state index is 0.0513. The van der Waals surface area contributed by atoms with Gasteiger partial charge in [-0.1, -0.05) is 0 Å². The fraction of sp³-hybridized carbons (Fsp3) is 0. The molecule has 0 N–H and O–H groups in total. The second-order valence-electron chi connectivity index (χ2n) is 3.76. The second-order valence-corrected chi connectivity index (χ2v) is 6.94. The van der Waals surface area contributed by atoms with E-state index in [4.69, 9.17) is 35.4 Å². The van der Waals surface area contributed by atoms with Gasteiger partial charge in [-0.05, 0) is 0 Å². The van der Waals surface area contributed by atoms with E-state index >= 15 is 0 Å². The molecule has 3 rings (SSSR count). The van der Waals surface area contributed by atoms with Gasteiger partial charge in [-0.2, -0.15) is 0 Å². The van der Waals surface area contributed by atoms with Gasteiger partial charge in [0.2, 0.25) is 0 Å². The Balaban J connectivity index is 2.37. The molecule has 18 heavy (non-hydrogen) atoms. The molecule has 3 aromatic rings. The summed E-state index contributed by atoms with van der Waals surface area (Å²) in [6.45, 7) is 0. The van der Waals surface area contributed by atoms with Crippen LogP contribution in [-0.2, 0) is 0 Å². The molecule has 1 nitrogen and oxygen atoms in total. The molecule has 0 saturated carbocycles. The van der Waals surface area contributed by atoms with E-state index in [1.165, 1.54) is 0 Å². The summed E-state index contributed by atoms with van der Waals surface area (Å²) < 4.78 is 4.04. The van der Waals surface area contributed by atoms with Crippen molar-refractivity contribution in [2.45, 2.75) is 0 Å².